The first-order chi connectivity index (χ1) is 6.22. The molecule has 0 aliphatic carbocycles. The van der Waals surface area contributed by atoms with E-state index in [9.17, 15) is 5.11 Å². The van der Waals surface area contributed by atoms with E-state index in [1.807, 2.05) is 0 Å². The molecule has 0 aromatic heterocycles. The van der Waals surface area contributed by atoms with Gasteiger partial charge < -0.3 is 9.84 Å². The highest BCUT2D eigenvalue weighted by Crippen LogP contribution is 2.40. The van der Waals surface area contributed by atoms with E-state index in [0.717, 1.165) is 25.7 Å². The molecule has 13 heavy (non-hydrogen) atoms. The number of rotatable bonds is 3. The van der Waals surface area contributed by atoms with E-state index in [1.165, 1.54) is 19.3 Å². The molecule has 2 atom stereocenters. The molecule has 2 heteroatoms. The predicted molar refractivity (Wildman–Crippen MR) is 51.6 cm³/mol. The number of unbranched alkanes of at least 4 members (excludes halogenated alkanes) is 1. The summed E-state index contributed by atoms with van der Waals surface area (Å²) in [6.07, 6.45) is 8.11. The Labute approximate surface area is 80.3 Å². The second kappa shape index (κ2) is 3.58. The van der Waals surface area contributed by atoms with Gasteiger partial charge in [0.1, 0.15) is 0 Å². The number of hydrogen-bond acceptors (Lipinski definition) is 2. The van der Waals surface area contributed by atoms with Crippen molar-refractivity contribution in [3.8, 4) is 0 Å². The summed E-state index contributed by atoms with van der Waals surface area (Å²) in [5.74, 6) is 0. The van der Waals surface area contributed by atoms with Gasteiger partial charge in [-0.15, -0.1) is 0 Å². The Morgan fingerprint density at radius 2 is 1.92 bits per heavy atom. The Morgan fingerprint density at radius 3 is 2.46 bits per heavy atom. The van der Waals surface area contributed by atoms with Crippen molar-refractivity contribution in [3.63, 3.8) is 0 Å². The topological polar surface area (TPSA) is 29.5 Å². The van der Waals surface area contributed by atoms with Crippen LogP contribution < -0.4 is 0 Å². The third-order valence-electron chi connectivity index (χ3n) is 3.41. The molecule has 1 N–H and O–H groups in total. The van der Waals surface area contributed by atoms with Crippen LogP contribution >= 0.6 is 0 Å². The maximum atomic E-state index is 10.3. The van der Waals surface area contributed by atoms with Crippen LogP contribution in [-0.4, -0.2) is 22.9 Å². The van der Waals surface area contributed by atoms with Gasteiger partial charge >= 0.3 is 0 Å². The second-order valence-electron chi connectivity index (χ2n) is 4.69. The molecule has 0 amide bonds. The van der Waals surface area contributed by atoms with Crippen molar-refractivity contribution in [2.75, 3.05) is 0 Å². The van der Waals surface area contributed by atoms with Crippen molar-refractivity contribution in [1.29, 1.82) is 0 Å². The summed E-state index contributed by atoms with van der Waals surface area (Å²) in [6.45, 7) is 2.18. The first kappa shape index (κ1) is 9.47. The summed E-state index contributed by atoms with van der Waals surface area (Å²) < 4.78 is 5.71. The Kier molecular flexibility index (Phi) is 2.61. The van der Waals surface area contributed by atoms with Gasteiger partial charge in [-0.05, 0) is 19.3 Å². The minimum absolute atomic E-state index is 0.362. The summed E-state index contributed by atoms with van der Waals surface area (Å²) in [5, 5.41) is 10.3. The molecular weight excluding hydrogens is 164 g/mol. The van der Waals surface area contributed by atoms with Crippen LogP contribution in [-0.2, 0) is 4.74 Å². The molecule has 76 valence electrons. The molecule has 2 saturated heterocycles. The smallest absolute Gasteiger partial charge is 0.0697 e. The lowest BCUT2D eigenvalue weighted by Gasteiger charge is -2.36. The quantitative estimate of drug-likeness (QED) is 0.729. The minimum Gasteiger partial charge on any atom is -0.390 e. The lowest BCUT2D eigenvalue weighted by atomic mass is 9.86. The van der Waals surface area contributed by atoms with E-state index >= 15 is 0 Å². The van der Waals surface area contributed by atoms with Gasteiger partial charge in [-0.2, -0.15) is 0 Å². The molecule has 0 saturated carbocycles. The molecular formula is C11H20O2. The van der Waals surface area contributed by atoms with Gasteiger partial charge in [0, 0.05) is 12.8 Å². The normalized spacial score (nSPS) is 43.8. The van der Waals surface area contributed by atoms with E-state index in [-0.39, 0.29) is 5.60 Å². The van der Waals surface area contributed by atoms with Gasteiger partial charge in [0.2, 0.25) is 0 Å². The molecule has 2 fully saturated rings. The first-order valence-corrected chi connectivity index (χ1v) is 5.60. The van der Waals surface area contributed by atoms with E-state index < -0.39 is 0 Å². The third kappa shape index (κ3) is 2.05. The largest absolute Gasteiger partial charge is 0.390 e. The standard InChI is InChI=1S/C11H20O2/c1-2-3-6-11(12)7-9-4-5-10(8-11)13-9/h9-10,12H,2-8H2,1H3. The molecule has 2 unspecified atom stereocenters. The monoisotopic (exact) mass is 184 g/mol. The van der Waals surface area contributed by atoms with Crippen molar-refractivity contribution < 1.29 is 9.84 Å². The molecule has 2 bridgehead atoms. The maximum absolute atomic E-state index is 10.3. The van der Waals surface area contributed by atoms with E-state index in [1.54, 1.807) is 0 Å². The van der Waals surface area contributed by atoms with Crippen LogP contribution in [0.25, 0.3) is 0 Å². The van der Waals surface area contributed by atoms with Crippen molar-refractivity contribution in [2.24, 2.45) is 0 Å². The van der Waals surface area contributed by atoms with Gasteiger partial charge in [-0.1, -0.05) is 19.8 Å². The van der Waals surface area contributed by atoms with Crippen molar-refractivity contribution >= 4 is 0 Å². The molecule has 2 nitrogen and oxygen atoms in total. The highest BCUT2D eigenvalue weighted by Gasteiger charge is 2.42. The highest BCUT2D eigenvalue weighted by atomic mass is 16.5. The van der Waals surface area contributed by atoms with Crippen molar-refractivity contribution in [1.82, 2.24) is 0 Å². The van der Waals surface area contributed by atoms with Gasteiger partial charge in [0.25, 0.3) is 0 Å². The molecule has 0 aromatic rings. The third-order valence-corrected chi connectivity index (χ3v) is 3.41. The van der Waals surface area contributed by atoms with Gasteiger partial charge in [-0.3, -0.25) is 0 Å². The molecule has 2 aliphatic heterocycles. The zero-order valence-electron chi connectivity index (χ0n) is 8.46. The van der Waals surface area contributed by atoms with Crippen LogP contribution in [0.3, 0.4) is 0 Å². The Hall–Kier alpha value is -0.0800. The fraction of sp³-hybridized carbons (Fsp3) is 1.00. The zero-order valence-corrected chi connectivity index (χ0v) is 8.46. The second-order valence-corrected chi connectivity index (χ2v) is 4.69. The lowest BCUT2D eigenvalue weighted by molar-refractivity contribution is -0.115. The zero-order chi connectivity index (χ0) is 9.31. The summed E-state index contributed by atoms with van der Waals surface area (Å²) >= 11 is 0. The molecule has 0 aromatic carbocycles. The number of fused-ring (bicyclic) bond motifs is 2. The highest BCUT2D eigenvalue weighted by molar-refractivity contribution is 4.93. The number of hydrogen-bond donors (Lipinski definition) is 1. The molecule has 2 heterocycles. The minimum atomic E-state index is -0.389. The number of ether oxygens (including phenoxy) is 1. The molecule has 0 radical (unpaired) electrons. The molecule has 0 spiro atoms. The SMILES string of the molecule is CCCCC1(O)CC2CCC(C1)O2. The van der Waals surface area contributed by atoms with Crippen LogP contribution in [0.4, 0.5) is 0 Å². The maximum Gasteiger partial charge on any atom is 0.0697 e. The molecule has 2 aliphatic rings. The van der Waals surface area contributed by atoms with Crippen LogP contribution in [0.5, 0.6) is 0 Å². The fourth-order valence-corrected chi connectivity index (χ4v) is 2.72. The van der Waals surface area contributed by atoms with Gasteiger partial charge in [0.15, 0.2) is 0 Å². The van der Waals surface area contributed by atoms with Gasteiger partial charge in [0.05, 0.1) is 17.8 Å². The number of aliphatic hydroxyl groups is 1. The predicted octanol–water partition coefficient (Wildman–Crippen LogP) is 2.25. The van der Waals surface area contributed by atoms with Gasteiger partial charge in [-0.25, -0.2) is 0 Å². The molecule has 2 rings (SSSR count). The summed E-state index contributed by atoms with van der Waals surface area (Å²) in [4.78, 5) is 0. The average Bonchev–Trinajstić information content (AvgIpc) is 2.43. The Morgan fingerprint density at radius 1 is 1.31 bits per heavy atom. The first-order valence-electron chi connectivity index (χ1n) is 5.60. The fourth-order valence-electron chi connectivity index (χ4n) is 2.72. The summed E-state index contributed by atoms with van der Waals surface area (Å²) in [5.41, 5.74) is -0.389. The van der Waals surface area contributed by atoms with Crippen molar-refractivity contribution in [3.05, 3.63) is 0 Å². The Balaban J connectivity index is 1.92. The lowest BCUT2D eigenvalue weighted by Crippen LogP contribution is -2.40. The van der Waals surface area contributed by atoms with Crippen LogP contribution in [0.2, 0.25) is 0 Å². The Bertz CT molecular complexity index is 167. The van der Waals surface area contributed by atoms with Crippen LogP contribution in [0.1, 0.15) is 51.9 Å². The van der Waals surface area contributed by atoms with E-state index in [2.05, 4.69) is 6.92 Å². The van der Waals surface area contributed by atoms with E-state index in [4.69, 9.17) is 4.74 Å². The van der Waals surface area contributed by atoms with E-state index in [0.29, 0.717) is 12.2 Å². The van der Waals surface area contributed by atoms with Crippen molar-refractivity contribution in [2.45, 2.75) is 69.7 Å². The summed E-state index contributed by atoms with van der Waals surface area (Å²) in [7, 11) is 0. The van der Waals surface area contributed by atoms with Crippen LogP contribution in [0.15, 0.2) is 0 Å². The van der Waals surface area contributed by atoms with Crippen LogP contribution in [0, 0.1) is 0 Å². The summed E-state index contributed by atoms with van der Waals surface area (Å²) in [6, 6.07) is 0. The average molecular weight is 184 g/mol.